The fraction of sp³-hybridized carbons (Fsp3) is 0.133. The number of benzene rings is 1. The lowest BCUT2D eigenvalue weighted by molar-refractivity contribution is -0.139. The van der Waals surface area contributed by atoms with Crippen molar-refractivity contribution in [3.05, 3.63) is 35.9 Å². The lowest BCUT2D eigenvalue weighted by atomic mass is 10.2. The quantitative estimate of drug-likeness (QED) is 0.480. The summed E-state index contributed by atoms with van der Waals surface area (Å²) >= 11 is 5.13. The Hall–Kier alpha value is -2.12. The average Bonchev–Trinajstić information content (AvgIpc) is 2.82. The van der Waals surface area contributed by atoms with E-state index in [0.29, 0.717) is 10.1 Å². The Balaban J connectivity index is 2.25. The average molecular weight is 336 g/mol. The van der Waals surface area contributed by atoms with Crippen LogP contribution in [0.1, 0.15) is 12.5 Å². The normalized spacial score (nSPS) is 18.0. The number of carbonyl (C=O) groups excluding carboxylic acids is 1. The van der Waals surface area contributed by atoms with Gasteiger partial charge in [-0.3, -0.25) is 4.79 Å². The molecule has 2 N–H and O–H groups in total. The Kier molecular flexibility index (Phi) is 5.35. The molecule has 1 amide bonds. The molecule has 116 valence electrons. The summed E-state index contributed by atoms with van der Waals surface area (Å²) in [7, 11) is -0.497. The van der Waals surface area contributed by atoms with Crippen molar-refractivity contribution in [1.29, 1.82) is 0 Å². The van der Waals surface area contributed by atoms with E-state index in [1.807, 2.05) is 31.2 Å². The second kappa shape index (κ2) is 7.24. The maximum absolute atomic E-state index is 11.3. The molecular formula is C15H14NO4S2-. The Morgan fingerprint density at radius 3 is 2.82 bits per heavy atom. The summed E-state index contributed by atoms with van der Waals surface area (Å²) in [6.45, 7) is 1.50. The molecule has 0 aliphatic carbocycles. The molecule has 7 heteroatoms. The van der Waals surface area contributed by atoms with Crippen LogP contribution >= 0.6 is 12.2 Å². The Morgan fingerprint density at radius 2 is 2.18 bits per heavy atom. The van der Waals surface area contributed by atoms with Crippen molar-refractivity contribution in [3.8, 4) is 5.75 Å². The van der Waals surface area contributed by atoms with Crippen molar-refractivity contribution in [2.45, 2.75) is 6.92 Å². The second-order valence-electron chi connectivity index (χ2n) is 4.40. The lowest BCUT2D eigenvalue weighted by Crippen LogP contribution is -2.21. The molecule has 2 rings (SSSR count). The first-order chi connectivity index (χ1) is 10.5. The molecule has 1 aromatic rings. The molecule has 1 heterocycles. The first-order valence-corrected chi connectivity index (χ1v) is 8.05. The Bertz CT molecular complexity index is 759. The summed E-state index contributed by atoms with van der Waals surface area (Å²) in [5.41, 5.74) is 0.760. The standard InChI is InChI=1S/C15H14NO4S2/c1-10(22-9-13(17)16-15(22)21)6-7-11-4-2-3-5-12(11)20-8-14(18)19/h2-7,9H,8H2,1H3,(H,18,19)(H,16,17,21)/q-1. The van der Waals surface area contributed by atoms with Gasteiger partial charge in [0.2, 0.25) is 5.91 Å². The number of carboxylic acids is 1. The zero-order valence-electron chi connectivity index (χ0n) is 11.7. The number of hydrogen-bond donors (Lipinski definition) is 2. The summed E-state index contributed by atoms with van der Waals surface area (Å²) in [5.74, 6) is -0.714. The van der Waals surface area contributed by atoms with Gasteiger partial charge in [0.15, 0.2) is 6.61 Å². The van der Waals surface area contributed by atoms with E-state index < -0.39 is 22.6 Å². The van der Waals surface area contributed by atoms with E-state index in [0.717, 1.165) is 10.4 Å². The molecule has 0 aromatic heterocycles. The van der Waals surface area contributed by atoms with Gasteiger partial charge < -0.3 is 25.2 Å². The molecule has 0 saturated heterocycles. The molecule has 0 unspecified atom stereocenters. The minimum absolute atomic E-state index is 0.175. The third kappa shape index (κ3) is 4.19. The van der Waals surface area contributed by atoms with Gasteiger partial charge in [-0.1, -0.05) is 49.5 Å². The Labute approximate surface area is 135 Å². The largest absolute Gasteiger partial charge is 0.481 e. The molecule has 0 atom stereocenters. The second-order valence-corrected chi connectivity index (χ2v) is 7.03. The smallest absolute Gasteiger partial charge is 0.341 e. The first kappa shape index (κ1) is 16.3. The van der Waals surface area contributed by atoms with Gasteiger partial charge in [0.05, 0.1) is 0 Å². The molecule has 0 saturated carbocycles. The molecule has 1 aliphatic heterocycles. The molecular weight excluding hydrogens is 322 g/mol. The van der Waals surface area contributed by atoms with Crippen molar-refractivity contribution in [1.82, 2.24) is 5.32 Å². The number of thiocarbonyl (C=S) groups is 1. The number of nitrogens with one attached hydrogen (secondary N) is 1. The number of amides is 1. The summed E-state index contributed by atoms with van der Waals surface area (Å²) in [4.78, 5) is 22.8. The third-order valence-corrected chi connectivity index (χ3v) is 5.19. The zero-order chi connectivity index (χ0) is 16.1. The summed E-state index contributed by atoms with van der Waals surface area (Å²) in [6.07, 6.45) is 3.67. The van der Waals surface area contributed by atoms with Crippen molar-refractivity contribution in [2.24, 2.45) is 0 Å². The summed E-state index contributed by atoms with van der Waals surface area (Å²) < 4.78 is 5.75. The number of carbonyl (C=O) groups is 2. The molecule has 0 fully saturated rings. The number of allylic oxidation sites excluding steroid dienone is 1. The van der Waals surface area contributed by atoms with Gasteiger partial charge in [-0.2, -0.15) is 4.86 Å². The Morgan fingerprint density at radius 1 is 1.45 bits per heavy atom. The topological polar surface area (TPSA) is 75.6 Å². The first-order valence-electron chi connectivity index (χ1n) is 6.35. The van der Waals surface area contributed by atoms with E-state index >= 15 is 0 Å². The number of rotatable bonds is 5. The van der Waals surface area contributed by atoms with Crippen LogP contribution in [0.4, 0.5) is 0 Å². The predicted octanol–water partition coefficient (Wildman–Crippen LogP) is 1.19. The minimum atomic E-state index is -1.03. The highest BCUT2D eigenvalue weighted by molar-refractivity contribution is 8.19. The van der Waals surface area contributed by atoms with Gasteiger partial charge in [-0.05, 0) is 10.4 Å². The molecule has 1 aliphatic rings. The fourth-order valence-corrected chi connectivity index (χ4v) is 3.68. The van der Waals surface area contributed by atoms with E-state index in [1.54, 1.807) is 17.5 Å². The van der Waals surface area contributed by atoms with Crippen molar-refractivity contribution >= 4 is 54.8 Å². The highest BCUT2D eigenvalue weighted by atomic mass is 32.2. The van der Waals surface area contributed by atoms with Crippen LogP contribution in [0, 0.1) is 0 Å². The van der Waals surface area contributed by atoms with Gasteiger partial charge in [0, 0.05) is 5.56 Å². The van der Waals surface area contributed by atoms with E-state index in [9.17, 15) is 9.59 Å². The SMILES string of the molecule is CC(C=Cc1ccccc1OCC(=O)O)=[S-]1=CC(=O)NC1=S. The fourth-order valence-electron chi connectivity index (χ4n) is 1.75. The van der Waals surface area contributed by atoms with Gasteiger partial charge in [-0.15, -0.1) is 5.37 Å². The summed E-state index contributed by atoms with van der Waals surface area (Å²) in [5, 5.41) is 12.8. The van der Waals surface area contributed by atoms with Gasteiger partial charge >= 0.3 is 5.97 Å². The molecule has 22 heavy (non-hydrogen) atoms. The van der Waals surface area contributed by atoms with Crippen LogP contribution in [-0.4, -0.2) is 38.1 Å². The van der Waals surface area contributed by atoms with Gasteiger partial charge in [0.1, 0.15) is 5.75 Å². The molecule has 0 radical (unpaired) electrons. The minimum Gasteiger partial charge on any atom is -0.481 e. The number of aliphatic carboxylic acids is 1. The van der Waals surface area contributed by atoms with Gasteiger partial charge in [0.25, 0.3) is 0 Å². The van der Waals surface area contributed by atoms with Crippen LogP contribution in [-0.2, 0) is 19.7 Å². The molecule has 5 nitrogen and oxygen atoms in total. The van der Waals surface area contributed by atoms with Crippen LogP contribution in [0.5, 0.6) is 5.75 Å². The van der Waals surface area contributed by atoms with Crippen molar-refractivity contribution in [2.75, 3.05) is 6.61 Å². The van der Waals surface area contributed by atoms with E-state index in [-0.39, 0.29) is 5.91 Å². The van der Waals surface area contributed by atoms with Crippen LogP contribution in [0.25, 0.3) is 6.08 Å². The van der Waals surface area contributed by atoms with E-state index in [1.165, 1.54) is 0 Å². The maximum Gasteiger partial charge on any atom is 0.341 e. The third-order valence-electron chi connectivity index (χ3n) is 2.76. The van der Waals surface area contributed by atoms with Crippen LogP contribution in [0.15, 0.2) is 30.3 Å². The van der Waals surface area contributed by atoms with E-state index in [2.05, 4.69) is 5.32 Å². The van der Waals surface area contributed by atoms with Crippen molar-refractivity contribution < 1.29 is 19.4 Å². The molecule has 0 spiro atoms. The monoisotopic (exact) mass is 336 g/mol. The highest BCUT2D eigenvalue weighted by Gasteiger charge is 2.03. The predicted molar refractivity (Wildman–Crippen MR) is 93.5 cm³/mol. The van der Waals surface area contributed by atoms with Crippen LogP contribution in [0.2, 0.25) is 0 Å². The number of ether oxygens (including phenoxy) is 1. The molecule has 1 aromatic carbocycles. The number of para-hydroxylation sites is 1. The zero-order valence-corrected chi connectivity index (χ0v) is 13.4. The van der Waals surface area contributed by atoms with Crippen LogP contribution in [0.3, 0.4) is 0 Å². The summed E-state index contributed by atoms with van der Waals surface area (Å²) in [6, 6.07) is 7.14. The van der Waals surface area contributed by atoms with Gasteiger partial charge in [-0.25, -0.2) is 4.79 Å². The number of carboxylic acid groups (broad SMARTS) is 1. The highest BCUT2D eigenvalue weighted by Crippen LogP contribution is 2.19. The van der Waals surface area contributed by atoms with Crippen molar-refractivity contribution in [3.63, 3.8) is 0 Å². The van der Waals surface area contributed by atoms with Crippen LogP contribution < -0.4 is 10.1 Å². The number of hydrogen-bond acceptors (Lipinski definition) is 5. The maximum atomic E-state index is 11.3. The van der Waals surface area contributed by atoms with E-state index in [4.69, 9.17) is 22.1 Å². The molecule has 0 bridgehead atoms. The lowest BCUT2D eigenvalue weighted by Gasteiger charge is -2.11.